The van der Waals surface area contributed by atoms with Crippen molar-refractivity contribution in [3.05, 3.63) is 0 Å². The third kappa shape index (κ3) is 8.92. The summed E-state index contributed by atoms with van der Waals surface area (Å²) in [6, 6.07) is 0.447. The van der Waals surface area contributed by atoms with Crippen LogP contribution in [0.4, 0.5) is 0 Å². The fraction of sp³-hybridized carbons (Fsp3) is 0.950. The number of nitrogens with zero attached hydrogens (tertiary/aromatic N) is 2. The molecule has 0 spiro atoms. The fourth-order valence-electron chi connectivity index (χ4n) is 3.40. The van der Waals surface area contributed by atoms with Gasteiger partial charge in [-0.3, -0.25) is 14.1 Å². The molecule has 2 atom stereocenters. The molecular weight excluding hydrogens is 360 g/mol. The zero-order valence-electron chi connectivity index (χ0n) is 18.3. The maximum atomic E-state index is 12.2. The van der Waals surface area contributed by atoms with Gasteiger partial charge in [-0.15, -0.1) is 0 Å². The molecule has 0 bridgehead atoms. The van der Waals surface area contributed by atoms with Crippen LogP contribution in [0.2, 0.25) is 0 Å². The molecule has 0 amide bonds. The lowest BCUT2D eigenvalue weighted by molar-refractivity contribution is 0.00395. The first kappa shape index (κ1) is 24.4. The Kier molecular flexibility index (Phi) is 11.5. The minimum absolute atomic E-state index is 0.173. The molecule has 0 saturated carbocycles. The second-order valence-electron chi connectivity index (χ2n) is 8.10. The van der Waals surface area contributed by atoms with Crippen LogP contribution in [0.3, 0.4) is 0 Å². The summed E-state index contributed by atoms with van der Waals surface area (Å²) in [5, 5.41) is 6.68. The Labute approximate surface area is 169 Å². The first-order valence-corrected chi connectivity index (χ1v) is 11.9. The number of hydrogen-bond donors (Lipinski definition) is 2. The summed E-state index contributed by atoms with van der Waals surface area (Å²) in [5.74, 6) is 2.10. The summed E-state index contributed by atoms with van der Waals surface area (Å²) in [7, 11) is -0.852. The van der Waals surface area contributed by atoms with Crippen LogP contribution >= 0.6 is 0 Å². The van der Waals surface area contributed by atoms with Crippen molar-refractivity contribution in [2.24, 2.45) is 10.9 Å². The molecule has 0 aromatic rings. The van der Waals surface area contributed by atoms with Gasteiger partial charge in [-0.25, -0.2) is 0 Å². The maximum Gasteiger partial charge on any atom is 0.191 e. The van der Waals surface area contributed by atoms with Gasteiger partial charge in [0.15, 0.2) is 5.96 Å². The molecule has 1 fully saturated rings. The van der Waals surface area contributed by atoms with Crippen molar-refractivity contribution in [3.63, 3.8) is 0 Å². The number of hydrogen-bond acceptors (Lipinski definition) is 4. The highest BCUT2D eigenvalue weighted by molar-refractivity contribution is 7.86. The van der Waals surface area contributed by atoms with E-state index in [2.05, 4.69) is 36.3 Å². The van der Waals surface area contributed by atoms with Crippen LogP contribution in [-0.2, 0) is 15.5 Å². The minimum Gasteiger partial charge on any atom is -0.379 e. The zero-order valence-corrected chi connectivity index (χ0v) is 19.2. The SMILES string of the molecule is CCNC(=NCC(C(CC)CC)N1CCOCC1)NCCS(=O)C(C)(C)C. The topological polar surface area (TPSA) is 66.0 Å². The largest absolute Gasteiger partial charge is 0.379 e. The highest BCUT2D eigenvalue weighted by Crippen LogP contribution is 2.20. The van der Waals surface area contributed by atoms with Gasteiger partial charge in [0.1, 0.15) is 0 Å². The lowest BCUT2D eigenvalue weighted by atomic mass is 9.92. The Bertz CT molecular complexity index is 455. The quantitative estimate of drug-likeness (QED) is 0.433. The molecule has 0 radical (unpaired) electrons. The lowest BCUT2D eigenvalue weighted by Gasteiger charge is -2.38. The molecular formula is C20H42N4O2S. The molecule has 0 aromatic carbocycles. The second kappa shape index (κ2) is 12.7. The van der Waals surface area contributed by atoms with E-state index >= 15 is 0 Å². The van der Waals surface area contributed by atoms with Crippen LogP contribution < -0.4 is 10.6 Å². The van der Waals surface area contributed by atoms with Gasteiger partial charge in [0.25, 0.3) is 0 Å². The van der Waals surface area contributed by atoms with Crippen LogP contribution in [0.15, 0.2) is 4.99 Å². The lowest BCUT2D eigenvalue weighted by Crippen LogP contribution is -2.49. The molecule has 6 nitrogen and oxygen atoms in total. The van der Waals surface area contributed by atoms with E-state index in [0.29, 0.717) is 24.3 Å². The van der Waals surface area contributed by atoms with Crippen LogP contribution in [0, 0.1) is 5.92 Å². The molecule has 0 aromatic heterocycles. The van der Waals surface area contributed by atoms with E-state index in [1.807, 2.05) is 20.8 Å². The van der Waals surface area contributed by atoms with Gasteiger partial charge in [-0.05, 0) is 33.6 Å². The average molecular weight is 403 g/mol. The number of ether oxygens (including phenoxy) is 1. The first-order valence-electron chi connectivity index (χ1n) is 10.6. The van der Waals surface area contributed by atoms with E-state index in [0.717, 1.165) is 45.4 Å². The van der Waals surface area contributed by atoms with Crippen LogP contribution in [0.5, 0.6) is 0 Å². The summed E-state index contributed by atoms with van der Waals surface area (Å²) in [6.45, 7) is 18.6. The van der Waals surface area contributed by atoms with Crippen molar-refractivity contribution in [2.45, 2.75) is 65.2 Å². The van der Waals surface area contributed by atoms with Crippen molar-refractivity contribution in [1.82, 2.24) is 15.5 Å². The van der Waals surface area contributed by atoms with E-state index < -0.39 is 10.8 Å². The van der Waals surface area contributed by atoms with Crippen molar-refractivity contribution in [2.75, 3.05) is 51.7 Å². The summed E-state index contributed by atoms with van der Waals surface area (Å²) in [6.07, 6.45) is 2.34. The number of nitrogens with one attached hydrogen (secondary N) is 2. The predicted octanol–water partition coefficient (Wildman–Crippen LogP) is 2.23. The molecule has 27 heavy (non-hydrogen) atoms. The highest BCUT2D eigenvalue weighted by Gasteiger charge is 2.26. The zero-order chi connectivity index (χ0) is 20.3. The number of aliphatic imine (C=N–C) groups is 1. The Morgan fingerprint density at radius 2 is 1.78 bits per heavy atom. The molecule has 0 aliphatic carbocycles. The Morgan fingerprint density at radius 1 is 1.15 bits per heavy atom. The van der Waals surface area contributed by atoms with Crippen molar-refractivity contribution < 1.29 is 8.95 Å². The molecule has 1 heterocycles. The minimum atomic E-state index is -0.852. The Morgan fingerprint density at radius 3 is 2.30 bits per heavy atom. The van der Waals surface area contributed by atoms with Gasteiger partial charge in [0.05, 0.1) is 19.8 Å². The average Bonchev–Trinajstić information content (AvgIpc) is 2.64. The van der Waals surface area contributed by atoms with Crippen LogP contribution in [0.1, 0.15) is 54.4 Å². The molecule has 1 aliphatic heterocycles. The van der Waals surface area contributed by atoms with E-state index in [-0.39, 0.29) is 4.75 Å². The maximum absolute atomic E-state index is 12.2. The van der Waals surface area contributed by atoms with Gasteiger partial charge >= 0.3 is 0 Å². The Balaban J connectivity index is 2.70. The third-order valence-corrected chi connectivity index (χ3v) is 7.09. The van der Waals surface area contributed by atoms with Crippen LogP contribution in [0.25, 0.3) is 0 Å². The normalized spacial score (nSPS) is 19.1. The predicted molar refractivity (Wildman–Crippen MR) is 117 cm³/mol. The molecule has 1 rings (SSSR count). The molecule has 1 aliphatic rings. The molecule has 160 valence electrons. The highest BCUT2D eigenvalue weighted by atomic mass is 32.2. The molecule has 2 N–H and O–H groups in total. The second-order valence-corrected chi connectivity index (χ2v) is 10.4. The monoisotopic (exact) mass is 402 g/mol. The number of guanidine groups is 1. The van der Waals surface area contributed by atoms with Gasteiger partial charge in [0, 0.05) is 53.5 Å². The van der Waals surface area contributed by atoms with Gasteiger partial charge in [0.2, 0.25) is 0 Å². The van der Waals surface area contributed by atoms with Gasteiger partial charge in [-0.2, -0.15) is 0 Å². The fourth-order valence-corrected chi connectivity index (χ4v) is 4.30. The van der Waals surface area contributed by atoms with Crippen molar-refractivity contribution >= 4 is 16.8 Å². The summed E-state index contributed by atoms with van der Waals surface area (Å²) in [4.78, 5) is 7.42. The molecule has 2 unspecified atom stereocenters. The summed E-state index contributed by atoms with van der Waals surface area (Å²) < 4.78 is 17.6. The first-order chi connectivity index (χ1) is 12.8. The van der Waals surface area contributed by atoms with E-state index in [9.17, 15) is 4.21 Å². The number of morpholine rings is 1. The van der Waals surface area contributed by atoms with E-state index in [1.165, 1.54) is 12.8 Å². The molecule has 1 saturated heterocycles. The standard InChI is InChI=1S/C20H42N4O2S/c1-7-17(8-2)18(24-11-13-26-14-12-24)16-23-19(21-9-3)22-10-15-27(25)20(4,5)6/h17-18H,7-16H2,1-6H3,(H2,21,22,23). The van der Waals surface area contributed by atoms with E-state index in [4.69, 9.17) is 9.73 Å². The summed E-state index contributed by atoms with van der Waals surface area (Å²) >= 11 is 0. The third-order valence-electron chi connectivity index (χ3n) is 5.15. The smallest absolute Gasteiger partial charge is 0.191 e. The van der Waals surface area contributed by atoms with Gasteiger partial charge < -0.3 is 15.4 Å². The Hall–Kier alpha value is -0.660. The summed E-state index contributed by atoms with van der Waals surface area (Å²) in [5.41, 5.74) is 0. The van der Waals surface area contributed by atoms with Crippen LogP contribution in [-0.4, -0.2) is 77.5 Å². The van der Waals surface area contributed by atoms with Crippen molar-refractivity contribution in [3.8, 4) is 0 Å². The van der Waals surface area contributed by atoms with Gasteiger partial charge in [-0.1, -0.05) is 26.7 Å². The van der Waals surface area contributed by atoms with Crippen molar-refractivity contribution in [1.29, 1.82) is 0 Å². The number of rotatable bonds is 10. The molecule has 7 heteroatoms. The van der Waals surface area contributed by atoms with E-state index in [1.54, 1.807) is 0 Å².